The lowest BCUT2D eigenvalue weighted by atomic mass is 9.87. The predicted molar refractivity (Wildman–Crippen MR) is 212 cm³/mol. The van der Waals surface area contributed by atoms with E-state index in [1.54, 1.807) is 29.4 Å². The molecule has 55 heavy (non-hydrogen) atoms. The molecule has 3 aliphatic heterocycles. The molecule has 14 heteroatoms. The number of amides is 1. The number of aryl methyl sites for hydroxylation is 1. The molecule has 2 aromatic heterocycles. The van der Waals surface area contributed by atoms with Crippen LogP contribution in [0.25, 0.3) is 11.3 Å². The Labute approximate surface area is 325 Å². The zero-order chi connectivity index (χ0) is 38.7. The van der Waals surface area contributed by atoms with Crippen molar-refractivity contribution in [2.45, 2.75) is 77.8 Å². The monoisotopic (exact) mass is 771 g/mol. The number of carbonyl (C=O) groups is 1. The fourth-order valence-electron chi connectivity index (χ4n) is 7.64. The average Bonchev–Trinajstić information content (AvgIpc) is 3.17. The Hall–Kier alpha value is -4.66. The van der Waals surface area contributed by atoms with Crippen LogP contribution in [-0.4, -0.2) is 91.3 Å². The summed E-state index contributed by atoms with van der Waals surface area (Å²) in [6.07, 6.45) is 6.92. The molecular weight excluding hydrogens is 719 g/mol. The Morgan fingerprint density at radius 2 is 1.65 bits per heavy atom. The van der Waals surface area contributed by atoms with Gasteiger partial charge in [0.2, 0.25) is 11.8 Å². The number of nitrogens with one attached hydrogen (secondary N) is 1. The van der Waals surface area contributed by atoms with E-state index in [4.69, 9.17) is 19.2 Å². The summed E-state index contributed by atoms with van der Waals surface area (Å²) in [4.78, 5) is 37.3. The van der Waals surface area contributed by atoms with Gasteiger partial charge in [-0.2, -0.15) is 4.98 Å². The Morgan fingerprint density at radius 1 is 0.945 bits per heavy atom. The quantitative estimate of drug-likeness (QED) is 0.228. The van der Waals surface area contributed by atoms with Crippen LogP contribution in [0.2, 0.25) is 0 Å². The van der Waals surface area contributed by atoms with Crippen LogP contribution in [0.5, 0.6) is 5.88 Å². The Bertz CT molecular complexity index is 2120. The largest absolute Gasteiger partial charge is 0.475 e. The van der Waals surface area contributed by atoms with Gasteiger partial charge in [0, 0.05) is 44.4 Å². The van der Waals surface area contributed by atoms with Crippen molar-refractivity contribution in [3.8, 4) is 17.1 Å². The minimum absolute atomic E-state index is 0. The zero-order valence-electron chi connectivity index (χ0n) is 32.4. The highest BCUT2D eigenvalue weighted by molar-refractivity contribution is 7.92. The molecule has 5 heterocycles. The second kappa shape index (κ2) is 16.2. The minimum Gasteiger partial charge on any atom is -0.475 e. The third-order valence-electron chi connectivity index (χ3n) is 10.5. The van der Waals surface area contributed by atoms with Gasteiger partial charge in [-0.25, -0.2) is 28.1 Å². The summed E-state index contributed by atoms with van der Waals surface area (Å²) in [5.41, 5.74) is 5.24. The van der Waals surface area contributed by atoms with Crippen molar-refractivity contribution < 1.29 is 28.8 Å². The van der Waals surface area contributed by atoms with Crippen molar-refractivity contribution >= 4 is 27.6 Å². The number of carbonyl (C=O) groups excluding carboxylic acids is 1. The van der Waals surface area contributed by atoms with Crippen LogP contribution in [0, 0.1) is 25.2 Å². The third kappa shape index (κ3) is 9.08. The number of aromatic nitrogens is 4. The van der Waals surface area contributed by atoms with Crippen molar-refractivity contribution in [1.82, 2.24) is 24.8 Å². The van der Waals surface area contributed by atoms with Gasteiger partial charge in [0.05, 0.1) is 54.5 Å². The summed E-state index contributed by atoms with van der Waals surface area (Å²) in [5.74, 6) is 0.692. The normalized spacial score (nSPS) is 19.4. The average molecular weight is 772 g/mol. The third-order valence-corrected chi connectivity index (χ3v) is 11.8. The van der Waals surface area contributed by atoms with E-state index >= 15 is 0 Å². The first-order valence-electron chi connectivity index (χ1n) is 19.1. The molecule has 2 saturated heterocycles. The molecule has 1 amide bonds. The molecule has 4 aromatic rings. The van der Waals surface area contributed by atoms with Gasteiger partial charge in [-0.05, 0) is 80.2 Å². The van der Waals surface area contributed by atoms with E-state index in [-0.39, 0.29) is 48.2 Å². The summed E-state index contributed by atoms with van der Waals surface area (Å²) in [6, 6.07) is 11.8. The topological polar surface area (TPSA) is 149 Å². The number of ether oxygens (including phenoxy) is 3. The molecule has 0 aliphatic carbocycles. The first-order chi connectivity index (χ1) is 26.3. The van der Waals surface area contributed by atoms with Crippen LogP contribution in [0.1, 0.15) is 74.3 Å². The number of benzene rings is 2. The number of hydrogen-bond donors (Lipinski definition) is 1. The van der Waals surface area contributed by atoms with Crippen LogP contribution in [-0.2, 0) is 32.5 Å². The molecule has 294 valence electrons. The fraction of sp³-hybridized carbons (Fsp3) is 0.488. The predicted octanol–water partition coefficient (Wildman–Crippen LogP) is 6.24. The number of fused-ring (bicyclic) bond motifs is 4. The van der Waals surface area contributed by atoms with Crippen LogP contribution < -0.4 is 14.4 Å². The maximum absolute atomic E-state index is 14.6. The molecule has 0 spiro atoms. The van der Waals surface area contributed by atoms with E-state index in [0.717, 1.165) is 67.9 Å². The molecular formula is C41H53N7O6S. The zero-order valence-corrected chi connectivity index (χ0v) is 33.2. The van der Waals surface area contributed by atoms with E-state index in [1.807, 2.05) is 19.9 Å². The summed E-state index contributed by atoms with van der Waals surface area (Å²) in [7, 11) is -4.22. The van der Waals surface area contributed by atoms with Crippen molar-refractivity contribution in [2.24, 2.45) is 11.3 Å². The molecule has 1 atom stereocenters. The van der Waals surface area contributed by atoms with Gasteiger partial charge in [-0.3, -0.25) is 4.79 Å². The van der Waals surface area contributed by atoms with Gasteiger partial charge in [0.1, 0.15) is 12.4 Å². The van der Waals surface area contributed by atoms with E-state index in [1.165, 1.54) is 12.1 Å². The van der Waals surface area contributed by atoms with Crippen LogP contribution >= 0.6 is 0 Å². The molecule has 13 nitrogen and oxygen atoms in total. The summed E-state index contributed by atoms with van der Waals surface area (Å²) >= 11 is 0. The lowest BCUT2D eigenvalue weighted by Crippen LogP contribution is -2.45. The fourth-order valence-corrected chi connectivity index (χ4v) is 8.63. The molecule has 7 rings (SSSR count). The highest BCUT2D eigenvalue weighted by Gasteiger charge is 2.33. The van der Waals surface area contributed by atoms with Gasteiger partial charge in [-0.1, -0.05) is 45.0 Å². The van der Waals surface area contributed by atoms with Crippen molar-refractivity contribution in [1.29, 1.82) is 0 Å². The second-order valence-electron chi connectivity index (χ2n) is 15.9. The van der Waals surface area contributed by atoms with Crippen molar-refractivity contribution in [3.63, 3.8) is 0 Å². The number of anilines is 2. The number of morpholine rings is 1. The SMILES string of the molecule is Cc1cccc(CC2CCOCC2)c1-c1nc2nc(c1C)OC[C@@H](CC(C)(C)C)N(Cc1ncc(N3CCOCC3)cn1)C(=O)c1cccc(c1)S(=O)(=O)N2.[HH]. The Balaban J connectivity index is 0.00000532. The smallest absolute Gasteiger partial charge is 0.264 e. The molecule has 0 unspecified atom stereocenters. The lowest BCUT2D eigenvalue weighted by Gasteiger charge is -2.35. The molecule has 3 aliphatic rings. The first kappa shape index (κ1) is 38.6. The molecule has 2 aromatic carbocycles. The highest BCUT2D eigenvalue weighted by Crippen LogP contribution is 2.37. The van der Waals surface area contributed by atoms with Crippen LogP contribution in [0.15, 0.2) is 59.8 Å². The van der Waals surface area contributed by atoms with Gasteiger partial charge in [-0.15, -0.1) is 0 Å². The number of rotatable bonds is 7. The summed E-state index contributed by atoms with van der Waals surface area (Å²) < 4.78 is 48.4. The molecule has 2 fully saturated rings. The van der Waals surface area contributed by atoms with Crippen molar-refractivity contribution in [2.75, 3.05) is 55.7 Å². The molecule has 4 bridgehead atoms. The minimum atomic E-state index is -4.22. The molecule has 1 N–H and O–H groups in total. The second-order valence-corrected chi connectivity index (χ2v) is 17.6. The maximum Gasteiger partial charge on any atom is 0.264 e. The van der Waals surface area contributed by atoms with E-state index in [9.17, 15) is 13.2 Å². The van der Waals surface area contributed by atoms with Gasteiger partial charge >= 0.3 is 0 Å². The summed E-state index contributed by atoms with van der Waals surface area (Å²) in [6.45, 7) is 14.7. The van der Waals surface area contributed by atoms with Crippen LogP contribution in [0.4, 0.5) is 11.6 Å². The number of nitrogens with zero attached hydrogens (tertiary/aromatic N) is 6. The maximum atomic E-state index is 14.6. The standard InChI is InChI=1S/C41H51N7O6S.H2/c1-27-8-6-9-30(20-29-12-16-52-17-13-29)36(27)37-28(2)38-45-40(44-37)46-55(50,51)34-11-7-10-31(21-34)39(49)48(32(26-54-38)22-41(3,4)5)25-35-42-23-33(24-43-35)47-14-18-53-19-15-47;/h6-11,21,23-24,29,32H,12-20,22,25-26H2,1-5H3,(H,44,45,46);1H/t32-;/m1./s1. The summed E-state index contributed by atoms with van der Waals surface area (Å²) in [5, 5.41) is 0. The van der Waals surface area contributed by atoms with Gasteiger partial charge in [0.25, 0.3) is 15.9 Å². The van der Waals surface area contributed by atoms with Crippen LogP contribution in [0.3, 0.4) is 0 Å². The molecule has 0 saturated carbocycles. The Kier molecular flexibility index (Phi) is 11.4. The van der Waals surface area contributed by atoms with Crippen molar-refractivity contribution in [3.05, 3.63) is 82.9 Å². The number of sulfonamides is 1. The highest BCUT2D eigenvalue weighted by atomic mass is 32.2. The van der Waals surface area contributed by atoms with E-state index in [2.05, 4.69) is 57.5 Å². The number of hydrogen-bond acceptors (Lipinski definition) is 11. The molecule has 0 radical (unpaired) electrons. The van der Waals surface area contributed by atoms with E-state index in [0.29, 0.717) is 42.6 Å². The first-order valence-corrected chi connectivity index (χ1v) is 20.6. The van der Waals surface area contributed by atoms with Gasteiger partial charge in [0.15, 0.2) is 0 Å². The lowest BCUT2D eigenvalue weighted by molar-refractivity contribution is 0.0504. The van der Waals surface area contributed by atoms with Gasteiger partial charge < -0.3 is 24.0 Å². The van der Waals surface area contributed by atoms with E-state index < -0.39 is 16.1 Å². The Morgan fingerprint density at radius 3 is 2.38 bits per heavy atom.